The lowest BCUT2D eigenvalue weighted by Crippen LogP contribution is -2.43. The zero-order chi connectivity index (χ0) is 16.1. The van der Waals surface area contributed by atoms with Crippen LogP contribution in [0.3, 0.4) is 0 Å². The van der Waals surface area contributed by atoms with Crippen LogP contribution in [0.5, 0.6) is 0 Å². The number of fused-ring (bicyclic) bond motifs is 1. The van der Waals surface area contributed by atoms with E-state index in [9.17, 15) is 4.79 Å². The molecule has 0 radical (unpaired) electrons. The largest absolute Gasteiger partial charge is 0.459 e. The van der Waals surface area contributed by atoms with Crippen molar-refractivity contribution in [1.29, 1.82) is 0 Å². The summed E-state index contributed by atoms with van der Waals surface area (Å²) >= 11 is 0. The van der Waals surface area contributed by atoms with Crippen molar-refractivity contribution in [2.24, 2.45) is 4.99 Å². The van der Waals surface area contributed by atoms with Crippen molar-refractivity contribution in [2.45, 2.75) is 6.54 Å². The number of benzene rings is 1. The van der Waals surface area contributed by atoms with E-state index in [4.69, 9.17) is 4.42 Å². The van der Waals surface area contributed by atoms with Gasteiger partial charge in [-0.3, -0.25) is 9.79 Å². The quantitative estimate of drug-likeness (QED) is 0.459. The number of amides is 1. The third-order valence-corrected chi connectivity index (χ3v) is 3.34. The van der Waals surface area contributed by atoms with Gasteiger partial charge in [0.2, 0.25) is 5.91 Å². The molecule has 0 spiro atoms. The van der Waals surface area contributed by atoms with Gasteiger partial charge in [-0.25, -0.2) is 0 Å². The molecule has 1 amide bonds. The second kappa shape index (κ2) is 8.76. The first kappa shape index (κ1) is 19.3. The van der Waals surface area contributed by atoms with Crippen LogP contribution in [0.4, 0.5) is 0 Å². The van der Waals surface area contributed by atoms with E-state index in [0.717, 1.165) is 16.7 Å². The number of guanidine groups is 1. The van der Waals surface area contributed by atoms with Crippen molar-refractivity contribution in [1.82, 2.24) is 15.1 Å². The highest BCUT2D eigenvalue weighted by Gasteiger charge is 2.12. The molecule has 0 aliphatic rings. The predicted molar refractivity (Wildman–Crippen MR) is 103 cm³/mol. The van der Waals surface area contributed by atoms with Crippen molar-refractivity contribution >= 4 is 46.8 Å². The third kappa shape index (κ3) is 5.12. The van der Waals surface area contributed by atoms with Crippen LogP contribution in [0.15, 0.2) is 39.7 Å². The Morgan fingerprint density at radius 1 is 1.26 bits per heavy atom. The van der Waals surface area contributed by atoms with E-state index >= 15 is 0 Å². The summed E-state index contributed by atoms with van der Waals surface area (Å²) in [5.74, 6) is 1.50. The Morgan fingerprint density at radius 3 is 2.57 bits per heavy atom. The Hall–Kier alpha value is -1.77. The van der Waals surface area contributed by atoms with Gasteiger partial charge in [0.25, 0.3) is 0 Å². The lowest BCUT2D eigenvalue weighted by molar-refractivity contribution is -0.127. The molecule has 23 heavy (non-hydrogen) atoms. The van der Waals surface area contributed by atoms with Crippen molar-refractivity contribution in [3.63, 3.8) is 0 Å². The van der Waals surface area contributed by atoms with Gasteiger partial charge in [-0.05, 0) is 12.1 Å². The van der Waals surface area contributed by atoms with Gasteiger partial charge >= 0.3 is 0 Å². The van der Waals surface area contributed by atoms with Gasteiger partial charge < -0.3 is 19.5 Å². The number of nitrogens with one attached hydrogen (secondary N) is 1. The lowest BCUT2D eigenvalue weighted by atomic mass is 10.2. The summed E-state index contributed by atoms with van der Waals surface area (Å²) in [7, 11) is 7.05. The minimum atomic E-state index is -0.00159. The molecular weight excluding hydrogens is 407 g/mol. The van der Waals surface area contributed by atoms with Crippen LogP contribution < -0.4 is 5.32 Å². The highest BCUT2D eigenvalue weighted by Crippen LogP contribution is 2.19. The first-order valence-electron chi connectivity index (χ1n) is 7.10. The van der Waals surface area contributed by atoms with E-state index in [2.05, 4.69) is 10.3 Å². The summed E-state index contributed by atoms with van der Waals surface area (Å²) in [6, 6.07) is 9.92. The van der Waals surface area contributed by atoms with Crippen molar-refractivity contribution in [3.8, 4) is 0 Å². The van der Waals surface area contributed by atoms with Crippen LogP contribution in [0.25, 0.3) is 11.0 Å². The number of hydrogen-bond acceptors (Lipinski definition) is 3. The van der Waals surface area contributed by atoms with Crippen molar-refractivity contribution in [3.05, 3.63) is 36.1 Å². The highest BCUT2D eigenvalue weighted by atomic mass is 127. The van der Waals surface area contributed by atoms with Crippen LogP contribution in [0, 0.1) is 0 Å². The summed E-state index contributed by atoms with van der Waals surface area (Å²) < 4.78 is 5.80. The van der Waals surface area contributed by atoms with Gasteiger partial charge in [0.1, 0.15) is 11.3 Å². The molecular formula is C16H23IN4O2. The number of furan rings is 1. The third-order valence-electron chi connectivity index (χ3n) is 3.34. The molecule has 2 rings (SSSR count). The first-order chi connectivity index (χ1) is 10.5. The first-order valence-corrected chi connectivity index (χ1v) is 7.10. The van der Waals surface area contributed by atoms with Crippen LogP contribution >= 0.6 is 24.0 Å². The molecule has 6 nitrogen and oxygen atoms in total. The number of aliphatic imine (C=N–C) groups is 1. The maximum Gasteiger partial charge on any atom is 0.241 e. The average molecular weight is 430 g/mol. The fourth-order valence-electron chi connectivity index (χ4n) is 2.12. The molecule has 0 saturated heterocycles. The molecule has 0 saturated carbocycles. The molecule has 1 aromatic carbocycles. The van der Waals surface area contributed by atoms with E-state index in [1.165, 1.54) is 0 Å². The molecule has 7 heteroatoms. The molecule has 2 aromatic rings. The molecule has 126 valence electrons. The van der Waals surface area contributed by atoms with E-state index in [1.807, 2.05) is 42.3 Å². The predicted octanol–water partition coefficient (Wildman–Crippen LogP) is 2.15. The molecule has 0 aliphatic carbocycles. The molecule has 0 unspecified atom stereocenters. The number of hydrogen-bond donors (Lipinski definition) is 1. The van der Waals surface area contributed by atoms with Crippen LogP contribution in [0.1, 0.15) is 5.76 Å². The standard InChI is InChI=1S/C16H22N4O2.HI/c1-17-16(18-10-15(21)19(2)3)20(4)11-13-9-12-7-5-6-8-14(12)22-13;/h5-9H,10-11H2,1-4H3,(H,17,18);1H. The number of para-hydroxylation sites is 1. The topological polar surface area (TPSA) is 61.1 Å². The van der Waals surface area contributed by atoms with Gasteiger partial charge in [0, 0.05) is 33.6 Å². The summed E-state index contributed by atoms with van der Waals surface area (Å²) in [5, 5.41) is 4.13. The molecule has 1 N–H and O–H groups in total. The number of carbonyl (C=O) groups excluding carboxylic acids is 1. The smallest absolute Gasteiger partial charge is 0.241 e. The lowest BCUT2D eigenvalue weighted by Gasteiger charge is -2.21. The van der Waals surface area contributed by atoms with Crippen LogP contribution in [-0.2, 0) is 11.3 Å². The van der Waals surface area contributed by atoms with E-state index in [-0.39, 0.29) is 36.4 Å². The number of rotatable bonds is 4. The monoisotopic (exact) mass is 430 g/mol. The minimum absolute atomic E-state index is 0. The number of nitrogens with zero attached hydrogens (tertiary/aromatic N) is 3. The zero-order valence-corrected chi connectivity index (χ0v) is 16.2. The van der Waals surface area contributed by atoms with Crippen molar-refractivity contribution < 1.29 is 9.21 Å². The molecule has 0 fully saturated rings. The summed E-state index contributed by atoms with van der Waals surface area (Å²) in [5.41, 5.74) is 0.872. The Balaban J connectivity index is 0.00000264. The van der Waals surface area contributed by atoms with Gasteiger partial charge in [0.05, 0.1) is 13.1 Å². The molecule has 0 atom stereocenters. The average Bonchev–Trinajstić information content (AvgIpc) is 2.89. The minimum Gasteiger partial charge on any atom is -0.459 e. The summed E-state index contributed by atoms with van der Waals surface area (Å²) in [4.78, 5) is 19.3. The number of carbonyl (C=O) groups is 1. The second-order valence-electron chi connectivity index (χ2n) is 5.30. The molecule has 0 aliphatic heterocycles. The van der Waals surface area contributed by atoms with Gasteiger partial charge in [0.15, 0.2) is 5.96 Å². The van der Waals surface area contributed by atoms with Crippen LogP contribution in [0.2, 0.25) is 0 Å². The highest BCUT2D eigenvalue weighted by molar-refractivity contribution is 14.0. The normalized spacial score (nSPS) is 11.0. The summed E-state index contributed by atoms with van der Waals surface area (Å²) in [6.45, 7) is 0.786. The fraction of sp³-hybridized carbons (Fsp3) is 0.375. The number of likely N-dealkylation sites (N-methyl/N-ethyl adjacent to an activating group) is 1. The Labute approximate surface area is 153 Å². The second-order valence-corrected chi connectivity index (χ2v) is 5.30. The van der Waals surface area contributed by atoms with E-state index in [0.29, 0.717) is 12.5 Å². The Kier molecular flexibility index (Phi) is 7.34. The fourth-order valence-corrected chi connectivity index (χ4v) is 2.12. The van der Waals surface area contributed by atoms with E-state index in [1.54, 1.807) is 26.0 Å². The number of halogens is 1. The molecule has 1 heterocycles. The van der Waals surface area contributed by atoms with Gasteiger partial charge in [-0.2, -0.15) is 0 Å². The van der Waals surface area contributed by atoms with Gasteiger partial charge in [-0.15, -0.1) is 24.0 Å². The maximum absolute atomic E-state index is 11.6. The van der Waals surface area contributed by atoms with E-state index < -0.39 is 0 Å². The van der Waals surface area contributed by atoms with Crippen molar-refractivity contribution in [2.75, 3.05) is 34.7 Å². The maximum atomic E-state index is 11.6. The zero-order valence-electron chi connectivity index (χ0n) is 13.9. The Morgan fingerprint density at radius 2 is 1.96 bits per heavy atom. The Bertz CT molecular complexity index is 649. The summed E-state index contributed by atoms with van der Waals surface area (Å²) in [6.07, 6.45) is 0. The SMILES string of the molecule is CN=C(NCC(=O)N(C)C)N(C)Cc1cc2ccccc2o1.I. The van der Waals surface area contributed by atoms with Crippen LogP contribution in [-0.4, -0.2) is 56.4 Å². The molecule has 1 aromatic heterocycles. The van der Waals surface area contributed by atoms with Gasteiger partial charge in [-0.1, -0.05) is 18.2 Å². The molecule has 0 bridgehead atoms.